The van der Waals surface area contributed by atoms with Gasteiger partial charge in [-0.2, -0.15) is 0 Å². The van der Waals surface area contributed by atoms with Gasteiger partial charge in [-0.05, 0) is 91.8 Å². The predicted molar refractivity (Wildman–Crippen MR) is 140 cm³/mol. The highest BCUT2D eigenvalue weighted by Gasteiger charge is 2.23. The van der Waals surface area contributed by atoms with Gasteiger partial charge in [0.1, 0.15) is 17.9 Å². The maximum Gasteiger partial charge on any atom is 0.374 e. The summed E-state index contributed by atoms with van der Waals surface area (Å²) in [6, 6.07) is 12.4. The number of esters is 1. The molecule has 2 aromatic carbocycles. The maximum absolute atomic E-state index is 12.1. The molecule has 0 aliphatic rings. The molecule has 0 spiro atoms. The molecule has 2 unspecified atom stereocenters. The molecule has 0 fully saturated rings. The van der Waals surface area contributed by atoms with Gasteiger partial charge >= 0.3 is 5.97 Å². The Labute approximate surface area is 209 Å². The Kier molecular flexibility index (Phi) is 8.65. The van der Waals surface area contributed by atoms with Crippen LogP contribution in [0, 0.1) is 19.3 Å². The largest absolute Gasteiger partial charge is 0.491 e. The summed E-state index contributed by atoms with van der Waals surface area (Å²) in [5.74, 6) is 1.05. The molecule has 3 aromatic rings. The van der Waals surface area contributed by atoms with Crippen molar-refractivity contribution in [3.8, 4) is 5.75 Å². The quantitative estimate of drug-likeness (QED) is 0.312. The summed E-state index contributed by atoms with van der Waals surface area (Å²) in [5, 5.41) is 11.2. The Bertz CT molecular complexity index is 1150. The molecular formula is C30H40O5. The van der Waals surface area contributed by atoms with E-state index >= 15 is 0 Å². The van der Waals surface area contributed by atoms with Crippen LogP contribution in [0.4, 0.5) is 0 Å². The third-order valence-electron chi connectivity index (χ3n) is 6.68. The normalized spacial score (nSPS) is 13.6. The number of fused-ring (bicyclic) bond motifs is 1. The molecule has 35 heavy (non-hydrogen) atoms. The summed E-state index contributed by atoms with van der Waals surface area (Å²) >= 11 is 0. The van der Waals surface area contributed by atoms with Crippen LogP contribution < -0.4 is 4.74 Å². The number of hydrogen-bond donors (Lipinski definition) is 1. The van der Waals surface area contributed by atoms with E-state index in [1.54, 1.807) is 13.0 Å². The molecule has 0 amide bonds. The summed E-state index contributed by atoms with van der Waals surface area (Å²) < 4.78 is 16.8. The molecule has 0 radical (unpaired) electrons. The number of carbonyl (C=O) groups excluding carboxylic acids is 1. The number of hydrogen-bond acceptors (Lipinski definition) is 5. The van der Waals surface area contributed by atoms with E-state index in [4.69, 9.17) is 13.9 Å². The van der Waals surface area contributed by atoms with Crippen LogP contribution >= 0.6 is 0 Å². The Hall–Kier alpha value is -2.79. The summed E-state index contributed by atoms with van der Waals surface area (Å²) in [4.78, 5) is 12.1. The highest BCUT2D eigenvalue weighted by atomic mass is 16.5. The van der Waals surface area contributed by atoms with E-state index in [-0.39, 0.29) is 17.8 Å². The van der Waals surface area contributed by atoms with Crippen molar-refractivity contribution in [3.05, 3.63) is 64.4 Å². The van der Waals surface area contributed by atoms with Crippen LogP contribution in [-0.4, -0.2) is 30.4 Å². The third-order valence-corrected chi connectivity index (χ3v) is 6.68. The number of ether oxygens (including phenoxy) is 2. The van der Waals surface area contributed by atoms with Crippen LogP contribution in [-0.2, 0) is 11.2 Å². The second kappa shape index (κ2) is 11.3. The molecule has 1 heterocycles. The number of benzene rings is 2. The third kappa shape index (κ3) is 6.66. The van der Waals surface area contributed by atoms with Gasteiger partial charge in [0.25, 0.3) is 0 Å². The lowest BCUT2D eigenvalue weighted by Gasteiger charge is -2.26. The Morgan fingerprint density at radius 3 is 2.43 bits per heavy atom. The number of aryl methyl sites for hydroxylation is 3. The van der Waals surface area contributed by atoms with Crippen LogP contribution in [0.3, 0.4) is 0 Å². The van der Waals surface area contributed by atoms with Crippen LogP contribution in [0.15, 0.2) is 40.8 Å². The predicted octanol–water partition coefficient (Wildman–Crippen LogP) is 7.14. The number of aliphatic hydroxyl groups excluding tert-OH is 1. The lowest BCUT2D eigenvalue weighted by Crippen LogP contribution is -2.32. The molecule has 0 bridgehead atoms. The zero-order chi connectivity index (χ0) is 25.8. The van der Waals surface area contributed by atoms with E-state index < -0.39 is 12.1 Å². The fourth-order valence-electron chi connectivity index (χ4n) is 4.29. The van der Waals surface area contributed by atoms with Gasteiger partial charge in [0.05, 0.1) is 12.7 Å². The highest BCUT2D eigenvalue weighted by Crippen LogP contribution is 2.32. The van der Waals surface area contributed by atoms with Crippen molar-refractivity contribution < 1.29 is 23.8 Å². The van der Waals surface area contributed by atoms with Gasteiger partial charge in [-0.3, -0.25) is 0 Å². The van der Waals surface area contributed by atoms with Gasteiger partial charge in [-0.15, -0.1) is 0 Å². The van der Waals surface area contributed by atoms with Crippen LogP contribution in [0.25, 0.3) is 11.0 Å². The van der Waals surface area contributed by atoms with Gasteiger partial charge in [0.2, 0.25) is 5.76 Å². The monoisotopic (exact) mass is 480 g/mol. The summed E-state index contributed by atoms with van der Waals surface area (Å²) in [7, 11) is 0. The van der Waals surface area contributed by atoms with Gasteiger partial charge in [-0.1, -0.05) is 45.9 Å². The molecular weight excluding hydrogens is 440 g/mol. The van der Waals surface area contributed by atoms with Crippen molar-refractivity contribution in [2.24, 2.45) is 5.41 Å². The van der Waals surface area contributed by atoms with Gasteiger partial charge in [-0.25, -0.2) is 4.79 Å². The Morgan fingerprint density at radius 1 is 1.06 bits per heavy atom. The zero-order valence-electron chi connectivity index (χ0n) is 22.2. The summed E-state index contributed by atoms with van der Waals surface area (Å²) in [5.41, 5.74) is 5.19. The van der Waals surface area contributed by atoms with Crippen molar-refractivity contribution in [1.29, 1.82) is 0 Å². The lowest BCUT2D eigenvalue weighted by atomic mass is 9.88. The van der Waals surface area contributed by atoms with E-state index in [1.165, 1.54) is 11.1 Å². The molecule has 5 nitrogen and oxygen atoms in total. The van der Waals surface area contributed by atoms with Crippen LogP contribution in [0.1, 0.15) is 86.2 Å². The second-order valence-corrected chi connectivity index (χ2v) is 10.5. The smallest absolute Gasteiger partial charge is 0.374 e. The Morgan fingerprint density at radius 2 is 1.80 bits per heavy atom. The molecule has 1 N–H and O–H groups in total. The minimum atomic E-state index is -0.517. The molecule has 3 rings (SSSR count). The zero-order valence-corrected chi connectivity index (χ0v) is 22.2. The first-order valence-corrected chi connectivity index (χ1v) is 12.6. The van der Waals surface area contributed by atoms with Gasteiger partial charge in [0.15, 0.2) is 0 Å². The standard InChI is InChI=1S/C30H40O5/c1-8-22(23-15-20(4)28-24(16-23)17-26(35-28)29(32)33-9-2)12-10-21-11-13-25(19(3)14-21)34-18-27(31)30(5,6)7/h11,13-17,22,27,31H,8-10,12,18H2,1-7H3. The van der Waals surface area contributed by atoms with Crippen molar-refractivity contribution >= 4 is 16.9 Å². The van der Waals surface area contributed by atoms with E-state index in [0.717, 1.165) is 47.1 Å². The maximum atomic E-state index is 12.1. The molecule has 1 aromatic heterocycles. The first kappa shape index (κ1) is 26.8. The topological polar surface area (TPSA) is 68.9 Å². The molecule has 0 saturated heterocycles. The second-order valence-electron chi connectivity index (χ2n) is 10.5. The average Bonchev–Trinajstić information content (AvgIpc) is 3.23. The molecule has 5 heteroatoms. The molecule has 0 saturated carbocycles. The molecule has 190 valence electrons. The van der Waals surface area contributed by atoms with Crippen LogP contribution in [0.2, 0.25) is 0 Å². The SMILES string of the molecule is CCOC(=O)c1cc2cc(C(CC)CCc3ccc(OCC(O)C(C)(C)C)c(C)c3)cc(C)c2o1. The number of carbonyl (C=O) groups is 1. The number of furan rings is 1. The minimum absolute atomic E-state index is 0.207. The molecule has 0 aliphatic carbocycles. The fraction of sp³-hybridized carbons (Fsp3) is 0.500. The highest BCUT2D eigenvalue weighted by molar-refractivity contribution is 5.93. The van der Waals surface area contributed by atoms with Crippen molar-refractivity contribution in [3.63, 3.8) is 0 Å². The first-order chi connectivity index (χ1) is 16.5. The lowest BCUT2D eigenvalue weighted by molar-refractivity contribution is 0.0216. The van der Waals surface area contributed by atoms with Gasteiger partial charge in [0, 0.05) is 5.39 Å². The van der Waals surface area contributed by atoms with E-state index in [9.17, 15) is 9.90 Å². The fourth-order valence-corrected chi connectivity index (χ4v) is 4.29. The van der Waals surface area contributed by atoms with E-state index in [2.05, 4.69) is 38.1 Å². The number of rotatable bonds is 10. The first-order valence-electron chi connectivity index (χ1n) is 12.6. The van der Waals surface area contributed by atoms with E-state index in [1.807, 2.05) is 33.8 Å². The van der Waals surface area contributed by atoms with Crippen molar-refractivity contribution in [2.75, 3.05) is 13.2 Å². The molecule has 0 aliphatic heterocycles. The Balaban J connectivity index is 1.69. The van der Waals surface area contributed by atoms with Crippen LogP contribution in [0.5, 0.6) is 5.75 Å². The summed E-state index contributed by atoms with van der Waals surface area (Å²) in [6.45, 7) is 14.7. The van der Waals surface area contributed by atoms with Gasteiger partial charge < -0.3 is 19.0 Å². The average molecular weight is 481 g/mol. The minimum Gasteiger partial charge on any atom is -0.491 e. The van der Waals surface area contributed by atoms with Crippen molar-refractivity contribution in [2.45, 2.75) is 79.8 Å². The molecule has 2 atom stereocenters. The van der Waals surface area contributed by atoms with Crippen molar-refractivity contribution in [1.82, 2.24) is 0 Å². The van der Waals surface area contributed by atoms with E-state index in [0.29, 0.717) is 12.5 Å². The summed E-state index contributed by atoms with van der Waals surface area (Å²) in [6.07, 6.45) is 2.49. The number of aliphatic hydroxyl groups is 1.